The third-order valence-corrected chi connectivity index (χ3v) is 3.66. The van der Waals surface area contributed by atoms with Crippen LogP contribution in [0.2, 0.25) is 10.0 Å². The highest BCUT2D eigenvalue weighted by Gasteiger charge is 2.25. The summed E-state index contributed by atoms with van der Waals surface area (Å²) in [5.41, 5.74) is 0.187. The van der Waals surface area contributed by atoms with Crippen LogP contribution in [0.15, 0.2) is 18.2 Å². The van der Waals surface area contributed by atoms with Crippen LogP contribution in [0, 0.1) is 0 Å². The molecule has 0 saturated carbocycles. The van der Waals surface area contributed by atoms with Crippen molar-refractivity contribution in [1.29, 1.82) is 0 Å². The number of hydrogen-bond donors (Lipinski definition) is 2. The molecule has 1 amide bonds. The number of carboxylic acids is 1. The number of benzene rings is 1. The lowest BCUT2D eigenvalue weighted by atomic mass is 10.2. The monoisotopic (exact) mass is 376 g/mol. The van der Waals surface area contributed by atoms with Gasteiger partial charge in [-0.1, -0.05) is 29.3 Å². The molecule has 0 fully saturated rings. The Morgan fingerprint density at radius 2 is 1.92 bits per heavy atom. The first-order chi connectivity index (χ1) is 11.0. The smallest absolute Gasteiger partial charge is 0.408 e. The Balaban J connectivity index is 2.65. The van der Waals surface area contributed by atoms with E-state index in [0.717, 1.165) is 5.56 Å². The number of carbonyl (C=O) groups excluding carboxylic acids is 1. The Labute approximate surface area is 151 Å². The maximum Gasteiger partial charge on any atom is 0.408 e. The molecule has 0 aliphatic carbocycles. The van der Waals surface area contributed by atoms with Gasteiger partial charge in [0.25, 0.3) is 0 Å². The van der Waals surface area contributed by atoms with E-state index in [9.17, 15) is 14.7 Å². The Morgan fingerprint density at radius 3 is 2.42 bits per heavy atom. The summed E-state index contributed by atoms with van der Waals surface area (Å²) in [5, 5.41) is 12.5. The molecule has 24 heavy (non-hydrogen) atoms. The number of rotatable bonds is 6. The van der Waals surface area contributed by atoms with Crippen LogP contribution in [0.25, 0.3) is 0 Å². The highest BCUT2D eigenvalue weighted by Crippen LogP contribution is 2.23. The highest BCUT2D eigenvalue weighted by atomic mass is 35.5. The number of ether oxygens (including phenoxy) is 1. The van der Waals surface area contributed by atoms with Crippen LogP contribution >= 0.6 is 23.2 Å². The van der Waals surface area contributed by atoms with Crippen molar-refractivity contribution in [3.05, 3.63) is 33.8 Å². The zero-order valence-corrected chi connectivity index (χ0v) is 15.6. The number of aliphatic carboxylic acids is 1. The third-order valence-electron chi connectivity index (χ3n) is 2.92. The molecule has 0 aliphatic rings. The standard InChI is InChI=1S/C16H22Cl2N2O4/c1-16(2,3)24-15(23)19-13(14(21)22)9-20(4)8-10-5-6-11(17)12(18)7-10/h5-7,13H,8-9H2,1-4H3,(H,19,23)(H,21,22). The van der Waals surface area contributed by atoms with E-state index in [0.29, 0.717) is 16.6 Å². The maximum atomic E-state index is 11.7. The van der Waals surface area contributed by atoms with Crippen molar-refractivity contribution in [1.82, 2.24) is 10.2 Å². The third kappa shape index (κ3) is 7.38. The number of halogens is 2. The van der Waals surface area contributed by atoms with E-state index in [-0.39, 0.29) is 6.54 Å². The van der Waals surface area contributed by atoms with Gasteiger partial charge < -0.3 is 15.2 Å². The molecule has 0 saturated heterocycles. The molecule has 2 N–H and O–H groups in total. The summed E-state index contributed by atoms with van der Waals surface area (Å²) in [5.74, 6) is -1.14. The summed E-state index contributed by atoms with van der Waals surface area (Å²) >= 11 is 11.8. The van der Waals surface area contributed by atoms with E-state index >= 15 is 0 Å². The zero-order valence-electron chi connectivity index (χ0n) is 14.1. The van der Waals surface area contributed by atoms with E-state index in [1.807, 2.05) is 6.07 Å². The van der Waals surface area contributed by atoms with Crippen molar-refractivity contribution < 1.29 is 19.4 Å². The average Bonchev–Trinajstić information content (AvgIpc) is 2.40. The normalized spacial score (nSPS) is 12.8. The summed E-state index contributed by atoms with van der Waals surface area (Å²) in [4.78, 5) is 24.9. The first-order valence-electron chi connectivity index (χ1n) is 7.32. The molecule has 1 aromatic carbocycles. The van der Waals surface area contributed by atoms with E-state index in [1.54, 1.807) is 44.9 Å². The SMILES string of the molecule is CN(Cc1ccc(Cl)c(Cl)c1)CC(NC(=O)OC(C)(C)C)C(=O)O. The summed E-state index contributed by atoms with van der Waals surface area (Å²) in [6.07, 6.45) is -0.766. The minimum absolute atomic E-state index is 0.106. The largest absolute Gasteiger partial charge is 0.480 e. The molecule has 1 atom stereocenters. The first-order valence-corrected chi connectivity index (χ1v) is 8.08. The fourth-order valence-electron chi connectivity index (χ4n) is 1.96. The van der Waals surface area contributed by atoms with E-state index in [4.69, 9.17) is 27.9 Å². The quantitative estimate of drug-likeness (QED) is 0.795. The van der Waals surface area contributed by atoms with Crippen LogP contribution in [0.3, 0.4) is 0 Å². The lowest BCUT2D eigenvalue weighted by Crippen LogP contribution is -2.48. The molecule has 1 aromatic rings. The van der Waals surface area contributed by atoms with Crippen LogP contribution in [0.5, 0.6) is 0 Å². The van der Waals surface area contributed by atoms with Gasteiger partial charge in [0.05, 0.1) is 10.0 Å². The number of likely N-dealkylation sites (N-methyl/N-ethyl adjacent to an activating group) is 1. The van der Waals surface area contributed by atoms with E-state index < -0.39 is 23.7 Å². The van der Waals surface area contributed by atoms with Crippen LogP contribution in [0.1, 0.15) is 26.3 Å². The number of alkyl carbamates (subject to hydrolysis) is 1. The molecular weight excluding hydrogens is 355 g/mol. The minimum Gasteiger partial charge on any atom is -0.480 e. The average molecular weight is 377 g/mol. The molecular formula is C16H22Cl2N2O4. The summed E-state index contributed by atoms with van der Waals surface area (Å²) < 4.78 is 5.08. The van der Waals surface area contributed by atoms with Crippen LogP contribution < -0.4 is 5.32 Å². The number of carbonyl (C=O) groups is 2. The topological polar surface area (TPSA) is 78.9 Å². The minimum atomic E-state index is -1.14. The van der Waals surface area contributed by atoms with Crippen molar-refractivity contribution >= 4 is 35.3 Å². The van der Waals surface area contributed by atoms with Gasteiger partial charge in [-0.2, -0.15) is 0 Å². The van der Waals surface area contributed by atoms with Crippen LogP contribution in [0.4, 0.5) is 4.79 Å². The number of hydrogen-bond acceptors (Lipinski definition) is 4. The molecule has 1 rings (SSSR count). The summed E-state index contributed by atoms with van der Waals surface area (Å²) in [6.45, 7) is 5.68. The molecule has 0 aromatic heterocycles. The van der Waals surface area contributed by atoms with Crippen molar-refractivity contribution in [3.63, 3.8) is 0 Å². The van der Waals surface area contributed by atoms with E-state index in [1.165, 1.54) is 0 Å². The van der Waals surface area contributed by atoms with Gasteiger partial charge in [0, 0.05) is 13.1 Å². The molecule has 1 unspecified atom stereocenters. The molecule has 8 heteroatoms. The van der Waals surface area contributed by atoms with Gasteiger partial charge >= 0.3 is 12.1 Å². The Kier molecular flexibility index (Phi) is 7.32. The van der Waals surface area contributed by atoms with Gasteiger partial charge in [-0.05, 0) is 45.5 Å². The summed E-state index contributed by atoms with van der Waals surface area (Å²) in [6, 6.07) is 4.12. The Morgan fingerprint density at radius 1 is 1.29 bits per heavy atom. The number of carboxylic acid groups (broad SMARTS) is 1. The van der Waals surface area contributed by atoms with Crippen molar-refractivity contribution in [2.45, 2.75) is 39.0 Å². The first kappa shape index (κ1) is 20.5. The molecule has 0 aliphatic heterocycles. The molecule has 134 valence electrons. The van der Waals surface area contributed by atoms with Gasteiger partial charge in [-0.25, -0.2) is 9.59 Å². The van der Waals surface area contributed by atoms with Gasteiger partial charge in [0.15, 0.2) is 0 Å². The maximum absolute atomic E-state index is 11.7. The second kappa shape index (κ2) is 8.55. The fourth-order valence-corrected chi connectivity index (χ4v) is 2.28. The highest BCUT2D eigenvalue weighted by molar-refractivity contribution is 6.42. The zero-order chi connectivity index (χ0) is 18.5. The molecule has 0 spiro atoms. The molecule has 0 heterocycles. The predicted molar refractivity (Wildman–Crippen MR) is 93.6 cm³/mol. The van der Waals surface area contributed by atoms with Gasteiger partial charge in [0.1, 0.15) is 11.6 Å². The van der Waals surface area contributed by atoms with Crippen molar-refractivity contribution in [2.24, 2.45) is 0 Å². The second-order valence-electron chi connectivity index (χ2n) is 6.48. The van der Waals surface area contributed by atoms with Gasteiger partial charge in [-0.3, -0.25) is 4.90 Å². The van der Waals surface area contributed by atoms with Crippen molar-refractivity contribution in [2.75, 3.05) is 13.6 Å². The number of nitrogens with zero attached hydrogens (tertiary/aromatic N) is 1. The molecule has 0 bridgehead atoms. The fraction of sp³-hybridized carbons (Fsp3) is 0.500. The Hall–Kier alpha value is -1.50. The van der Waals surface area contributed by atoms with Crippen molar-refractivity contribution in [3.8, 4) is 0 Å². The predicted octanol–water partition coefficient (Wildman–Crippen LogP) is 3.40. The summed E-state index contributed by atoms with van der Waals surface area (Å²) in [7, 11) is 1.75. The molecule has 0 radical (unpaired) electrons. The number of amides is 1. The lowest BCUT2D eigenvalue weighted by molar-refractivity contribution is -0.140. The van der Waals surface area contributed by atoms with Crippen LogP contribution in [-0.4, -0.2) is 47.3 Å². The van der Waals surface area contributed by atoms with Gasteiger partial charge in [0.2, 0.25) is 0 Å². The van der Waals surface area contributed by atoms with E-state index in [2.05, 4.69) is 5.32 Å². The van der Waals surface area contributed by atoms with Gasteiger partial charge in [-0.15, -0.1) is 0 Å². The number of nitrogens with one attached hydrogen (secondary N) is 1. The molecule has 6 nitrogen and oxygen atoms in total. The van der Waals surface area contributed by atoms with Crippen LogP contribution in [-0.2, 0) is 16.1 Å². The lowest BCUT2D eigenvalue weighted by Gasteiger charge is -2.25. The second-order valence-corrected chi connectivity index (χ2v) is 7.30. The Bertz CT molecular complexity index is 602.